The fraction of sp³-hybridized carbons (Fsp3) is 0.389. The van der Waals surface area contributed by atoms with Crippen LogP contribution < -0.4 is 5.73 Å². The zero-order chi connectivity index (χ0) is 18.1. The van der Waals surface area contributed by atoms with Crippen LogP contribution >= 0.6 is 0 Å². The lowest BCUT2D eigenvalue weighted by molar-refractivity contribution is 0.346. The molecule has 1 aromatic carbocycles. The fourth-order valence-corrected chi connectivity index (χ4v) is 3.24. The van der Waals surface area contributed by atoms with Gasteiger partial charge in [-0.25, -0.2) is 13.8 Å². The minimum Gasteiger partial charge on any atom is -0.441 e. The Morgan fingerprint density at radius 3 is 2.65 bits per heavy atom. The number of hydrogen-bond donors (Lipinski definition) is 1. The molecule has 26 heavy (non-hydrogen) atoms. The molecule has 0 bridgehead atoms. The van der Waals surface area contributed by atoms with Crippen LogP contribution in [0.5, 0.6) is 0 Å². The second-order valence-corrected chi connectivity index (χ2v) is 6.62. The third-order valence-electron chi connectivity index (χ3n) is 4.71. The Hall–Kier alpha value is -2.61. The maximum absolute atomic E-state index is 13.8. The van der Waals surface area contributed by atoms with Crippen molar-refractivity contribution in [3.63, 3.8) is 0 Å². The largest absolute Gasteiger partial charge is 0.441 e. The summed E-state index contributed by atoms with van der Waals surface area (Å²) in [6.45, 7) is 0. The lowest BCUT2D eigenvalue weighted by Gasteiger charge is -2.17. The Morgan fingerprint density at radius 1 is 1.12 bits per heavy atom. The average molecular weight is 360 g/mol. The molecule has 0 atom stereocenters. The van der Waals surface area contributed by atoms with Crippen LogP contribution in [0.3, 0.4) is 0 Å². The fourth-order valence-electron chi connectivity index (χ4n) is 3.24. The molecule has 8 heteroatoms. The Labute approximate surface area is 148 Å². The van der Waals surface area contributed by atoms with E-state index in [-0.39, 0.29) is 11.3 Å². The van der Waals surface area contributed by atoms with Gasteiger partial charge in [0.05, 0.1) is 17.3 Å². The van der Waals surface area contributed by atoms with Crippen molar-refractivity contribution in [1.82, 2.24) is 15.1 Å². The van der Waals surface area contributed by atoms with Gasteiger partial charge < -0.3 is 14.7 Å². The summed E-state index contributed by atoms with van der Waals surface area (Å²) in [5.74, 6) is 0.329. The van der Waals surface area contributed by atoms with Crippen LogP contribution in [-0.4, -0.2) is 15.1 Å². The lowest BCUT2D eigenvalue weighted by Crippen LogP contribution is -2.34. The molecule has 2 N–H and O–H groups in total. The molecule has 0 amide bonds. The van der Waals surface area contributed by atoms with Crippen LogP contribution in [0, 0.1) is 11.6 Å². The van der Waals surface area contributed by atoms with Gasteiger partial charge in [0.15, 0.2) is 17.5 Å². The predicted molar refractivity (Wildman–Crippen MR) is 87.9 cm³/mol. The Bertz CT molecular complexity index is 916. The first kappa shape index (κ1) is 16.8. The number of aromatic nitrogens is 3. The molecule has 2 heterocycles. The van der Waals surface area contributed by atoms with E-state index < -0.39 is 17.2 Å². The van der Waals surface area contributed by atoms with Gasteiger partial charge in [-0.05, 0) is 25.0 Å². The van der Waals surface area contributed by atoms with Crippen molar-refractivity contribution in [2.24, 2.45) is 5.73 Å². The second kappa shape index (κ2) is 6.60. The number of nitrogens with zero attached hydrogens (tertiary/aromatic N) is 3. The molecule has 136 valence electrons. The minimum atomic E-state index is -0.695. The summed E-state index contributed by atoms with van der Waals surface area (Å²) in [6.07, 6.45) is 6.13. The van der Waals surface area contributed by atoms with Crippen LogP contribution in [0.2, 0.25) is 0 Å². The van der Waals surface area contributed by atoms with Crippen molar-refractivity contribution in [3.8, 4) is 11.3 Å². The van der Waals surface area contributed by atoms with Gasteiger partial charge in [0.25, 0.3) is 0 Å². The molecule has 1 aliphatic rings. The van der Waals surface area contributed by atoms with Crippen molar-refractivity contribution in [3.05, 3.63) is 53.6 Å². The van der Waals surface area contributed by atoms with E-state index in [2.05, 4.69) is 15.1 Å². The van der Waals surface area contributed by atoms with Crippen molar-refractivity contribution in [1.29, 1.82) is 0 Å². The first-order valence-corrected chi connectivity index (χ1v) is 8.56. The molecule has 3 aromatic rings. The molecular weight excluding hydrogens is 342 g/mol. The molecule has 1 aliphatic carbocycles. The number of nitrogens with two attached hydrogens (primary N) is 1. The highest BCUT2D eigenvalue weighted by atomic mass is 19.1. The van der Waals surface area contributed by atoms with Gasteiger partial charge in [0, 0.05) is 18.9 Å². The molecule has 1 fully saturated rings. The number of halogens is 2. The maximum Gasteiger partial charge on any atom is 0.227 e. The molecule has 6 nitrogen and oxygen atoms in total. The van der Waals surface area contributed by atoms with E-state index >= 15 is 0 Å². The highest BCUT2D eigenvalue weighted by Crippen LogP contribution is 2.34. The summed E-state index contributed by atoms with van der Waals surface area (Å²) < 4.78 is 37.6. The standard InChI is InChI=1S/C18H18F2N4O2/c19-11-3-4-12(13(20)9-11)14-10-22-15(25-14)5-6-16-23-17(24-26-16)18(21)7-1-2-8-18/h3-4,9-10H,1-2,5-8,21H2. The summed E-state index contributed by atoms with van der Waals surface area (Å²) in [6, 6.07) is 3.30. The molecule has 0 spiro atoms. The van der Waals surface area contributed by atoms with Crippen LogP contribution in [0.1, 0.15) is 43.3 Å². The molecule has 4 rings (SSSR count). The summed E-state index contributed by atoms with van der Waals surface area (Å²) in [7, 11) is 0. The second-order valence-electron chi connectivity index (χ2n) is 6.62. The van der Waals surface area contributed by atoms with Gasteiger partial charge in [-0.3, -0.25) is 0 Å². The normalized spacial score (nSPS) is 16.3. The van der Waals surface area contributed by atoms with Crippen LogP contribution in [-0.2, 0) is 18.4 Å². The van der Waals surface area contributed by atoms with E-state index in [0.717, 1.165) is 31.7 Å². The SMILES string of the molecule is NC1(c2noc(CCc3ncc(-c4ccc(F)cc4F)o3)n2)CCCC1. The third kappa shape index (κ3) is 3.24. The molecule has 2 aromatic heterocycles. The van der Waals surface area contributed by atoms with Gasteiger partial charge in [0.1, 0.15) is 11.6 Å². The van der Waals surface area contributed by atoms with Crippen molar-refractivity contribution in [2.45, 2.75) is 44.1 Å². The van der Waals surface area contributed by atoms with Gasteiger partial charge in [-0.2, -0.15) is 4.98 Å². The maximum atomic E-state index is 13.8. The molecular formula is C18H18F2N4O2. The number of benzene rings is 1. The van der Waals surface area contributed by atoms with Crippen LogP contribution in [0.15, 0.2) is 33.3 Å². The smallest absolute Gasteiger partial charge is 0.227 e. The van der Waals surface area contributed by atoms with E-state index in [9.17, 15) is 8.78 Å². The van der Waals surface area contributed by atoms with E-state index in [1.165, 1.54) is 18.3 Å². The number of oxazole rings is 1. The van der Waals surface area contributed by atoms with E-state index in [4.69, 9.17) is 14.7 Å². The first-order chi connectivity index (χ1) is 12.5. The molecule has 0 saturated heterocycles. The van der Waals surface area contributed by atoms with E-state index in [1.54, 1.807) is 0 Å². The third-order valence-corrected chi connectivity index (χ3v) is 4.71. The predicted octanol–water partition coefficient (Wildman–Crippen LogP) is 3.52. The van der Waals surface area contributed by atoms with E-state index in [1.807, 2.05) is 0 Å². The van der Waals surface area contributed by atoms with Crippen LogP contribution in [0.25, 0.3) is 11.3 Å². The Kier molecular flexibility index (Phi) is 4.28. The van der Waals surface area contributed by atoms with Gasteiger partial charge >= 0.3 is 0 Å². The summed E-state index contributed by atoms with van der Waals surface area (Å²) in [4.78, 5) is 8.52. The summed E-state index contributed by atoms with van der Waals surface area (Å²) >= 11 is 0. The van der Waals surface area contributed by atoms with Crippen LogP contribution in [0.4, 0.5) is 8.78 Å². The zero-order valence-electron chi connectivity index (χ0n) is 14.0. The number of hydrogen-bond acceptors (Lipinski definition) is 6. The van der Waals surface area contributed by atoms with Gasteiger partial charge in [0.2, 0.25) is 5.89 Å². The first-order valence-electron chi connectivity index (χ1n) is 8.56. The molecule has 1 saturated carbocycles. The summed E-state index contributed by atoms with van der Waals surface area (Å²) in [5.41, 5.74) is 5.99. The summed E-state index contributed by atoms with van der Waals surface area (Å²) in [5, 5.41) is 4.01. The van der Waals surface area contributed by atoms with Crippen molar-refractivity contribution in [2.75, 3.05) is 0 Å². The Balaban J connectivity index is 1.43. The number of aryl methyl sites for hydroxylation is 2. The van der Waals surface area contributed by atoms with Gasteiger partial charge in [-0.1, -0.05) is 18.0 Å². The molecule has 0 aliphatic heterocycles. The van der Waals surface area contributed by atoms with E-state index in [0.29, 0.717) is 30.4 Å². The van der Waals surface area contributed by atoms with Crippen molar-refractivity contribution < 1.29 is 17.7 Å². The lowest BCUT2D eigenvalue weighted by atomic mass is 9.99. The molecule has 0 radical (unpaired) electrons. The topological polar surface area (TPSA) is 91.0 Å². The minimum absolute atomic E-state index is 0.163. The Morgan fingerprint density at radius 2 is 1.88 bits per heavy atom. The van der Waals surface area contributed by atoms with Gasteiger partial charge in [-0.15, -0.1) is 0 Å². The number of rotatable bonds is 5. The zero-order valence-corrected chi connectivity index (χ0v) is 14.0. The monoisotopic (exact) mass is 360 g/mol. The highest BCUT2D eigenvalue weighted by molar-refractivity contribution is 5.57. The average Bonchev–Trinajstić information content (AvgIpc) is 3.34. The highest BCUT2D eigenvalue weighted by Gasteiger charge is 2.35. The molecule has 0 unspecified atom stereocenters. The quantitative estimate of drug-likeness (QED) is 0.749. The van der Waals surface area contributed by atoms with Crippen molar-refractivity contribution >= 4 is 0 Å².